The lowest BCUT2D eigenvalue weighted by Crippen LogP contribution is -2.10. The van der Waals surface area contributed by atoms with Crippen molar-refractivity contribution >= 4 is 35.3 Å². The second-order valence-electron chi connectivity index (χ2n) is 7.81. The zero-order chi connectivity index (χ0) is 24.3. The Morgan fingerprint density at radius 2 is 1.91 bits per heavy atom. The molecule has 0 saturated carbocycles. The molecule has 0 fully saturated rings. The molecule has 1 aliphatic rings. The van der Waals surface area contributed by atoms with Gasteiger partial charge in [-0.05, 0) is 43.6 Å². The average Bonchev–Trinajstić information content (AvgIpc) is 3.43. The van der Waals surface area contributed by atoms with Gasteiger partial charge in [0.1, 0.15) is 10.6 Å². The van der Waals surface area contributed by atoms with E-state index in [1.54, 1.807) is 13.0 Å². The minimum atomic E-state index is -0.390. The highest BCUT2D eigenvalue weighted by atomic mass is 35.5. The van der Waals surface area contributed by atoms with E-state index in [0.29, 0.717) is 58.9 Å². The van der Waals surface area contributed by atoms with E-state index >= 15 is 0 Å². The van der Waals surface area contributed by atoms with E-state index in [1.807, 2.05) is 13.0 Å². The van der Waals surface area contributed by atoms with Gasteiger partial charge in [-0.2, -0.15) is 5.10 Å². The molecule has 10 heteroatoms. The summed E-state index contributed by atoms with van der Waals surface area (Å²) in [5, 5.41) is 8.54. The third-order valence-corrected chi connectivity index (χ3v) is 6.63. The van der Waals surface area contributed by atoms with E-state index in [1.165, 1.54) is 11.8 Å². The fraction of sp³-hybridized carbons (Fsp3) is 0.542. The summed E-state index contributed by atoms with van der Waals surface area (Å²) in [5.41, 5.74) is 1.89. The minimum absolute atomic E-state index is 0.161. The van der Waals surface area contributed by atoms with Crippen molar-refractivity contribution in [1.82, 2.24) is 10.2 Å². The van der Waals surface area contributed by atoms with Gasteiger partial charge in [-0.1, -0.05) is 31.4 Å². The molecule has 0 radical (unpaired) electrons. The smallest absolute Gasteiger partial charge is 0.342 e. The Morgan fingerprint density at radius 1 is 1.12 bits per heavy atom. The predicted octanol–water partition coefficient (Wildman–Crippen LogP) is 5.56. The molecule has 0 bridgehead atoms. The van der Waals surface area contributed by atoms with Crippen molar-refractivity contribution in [2.75, 3.05) is 25.8 Å². The molecular formula is C24H31ClN2O6S. The van der Waals surface area contributed by atoms with E-state index in [2.05, 4.69) is 10.2 Å². The van der Waals surface area contributed by atoms with Crippen molar-refractivity contribution in [1.29, 1.82) is 0 Å². The second-order valence-corrected chi connectivity index (χ2v) is 9.30. The number of hydrogen-bond acceptors (Lipinski definition) is 8. The van der Waals surface area contributed by atoms with E-state index in [-0.39, 0.29) is 18.7 Å². The molecule has 0 aliphatic carbocycles. The van der Waals surface area contributed by atoms with E-state index in [0.717, 1.165) is 43.4 Å². The number of esters is 2. The van der Waals surface area contributed by atoms with Gasteiger partial charge in [0.2, 0.25) is 6.79 Å². The number of halogens is 1. The van der Waals surface area contributed by atoms with Gasteiger partial charge >= 0.3 is 11.9 Å². The van der Waals surface area contributed by atoms with Crippen LogP contribution in [0, 0.1) is 0 Å². The monoisotopic (exact) mass is 510 g/mol. The van der Waals surface area contributed by atoms with E-state index < -0.39 is 0 Å². The summed E-state index contributed by atoms with van der Waals surface area (Å²) in [7, 11) is 0. The van der Waals surface area contributed by atoms with E-state index in [4.69, 9.17) is 30.5 Å². The number of aromatic amines is 1. The number of ether oxygens (including phenoxy) is 4. The summed E-state index contributed by atoms with van der Waals surface area (Å²) in [4.78, 5) is 24.4. The summed E-state index contributed by atoms with van der Waals surface area (Å²) in [6, 6.07) is 3.55. The molecule has 34 heavy (non-hydrogen) atoms. The van der Waals surface area contributed by atoms with Crippen molar-refractivity contribution in [2.24, 2.45) is 0 Å². The summed E-state index contributed by atoms with van der Waals surface area (Å²) in [6.45, 7) is 4.78. The Morgan fingerprint density at radius 3 is 2.68 bits per heavy atom. The quantitative estimate of drug-likeness (QED) is 0.200. The molecule has 3 rings (SSSR count). The number of unbranched alkanes of at least 4 members (excludes halogenated alkanes) is 3. The van der Waals surface area contributed by atoms with Crippen LogP contribution in [0.5, 0.6) is 11.5 Å². The average molecular weight is 511 g/mol. The number of thioether (sulfide) groups is 1. The van der Waals surface area contributed by atoms with Gasteiger partial charge in [-0.15, -0.1) is 11.8 Å². The van der Waals surface area contributed by atoms with Gasteiger partial charge in [0.05, 0.1) is 18.9 Å². The van der Waals surface area contributed by atoms with Crippen molar-refractivity contribution in [2.45, 2.75) is 63.8 Å². The number of nitrogens with zero attached hydrogens (tertiary/aromatic N) is 1. The molecule has 0 unspecified atom stereocenters. The van der Waals surface area contributed by atoms with Crippen LogP contribution in [0.1, 0.15) is 74.0 Å². The highest BCUT2D eigenvalue weighted by Crippen LogP contribution is 2.38. The van der Waals surface area contributed by atoms with Gasteiger partial charge in [0, 0.05) is 23.9 Å². The van der Waals surface area contributed by atoms with Crippen LogP contribution < -0.4 is 9.47 Å². The number of rotatable bonds is 14. The molecule has 1 aliphatic heterocycles. The zero-order valence-corrected chi connectivity index (χ0v) is 21.2. The fourth-order valence-corrected chi connectivity index (χ4v) is 4.64. The minimum Gasteiger partial charge on any atom is -0.466 e. The summed E-state index contributed by atoms with van der Waals surface area (Å²) < 4.78 is 21.3. The molecule has 1 aromatic heterocycles. The maximum Gasteiger partial charge on any atom is 0.342 e. The van der Waals surface area contributed by atoms with Crippen LogP contribution in [0.3, 0.4) is 0 Å². The molecule has 0 saturated heterocycles. The molecule has 8 nitrogen and oxygen atoms in total. The molecule has 2 heterocycles. The lowest BCUT2D eigenvalue weighted by molar-refractivity contribution is -0.143. The highest BCUT2D eigenvalue weighted by Gasteiger charge is 2.24. The van der Waals surface area contributed by atoms with Crippen LogP contribution >= 0.6 is 23.4 Å². The zero-order valence-electron chi connectivity index (χ0n) is 19.6. The predicted molar refractivity (Wildman–Crippen MR) is 130 cm³/mol. The number of H-pyrrole nitrogens is 1. The molecule has 186 valence electrons. The highest BCUT2D eigenvalue weighted by molar-refractivity contribution is 7.99. The third-order valence-electron chi connectivity index (χ3n) is 5.22. The lowest BCUT2D eigenvalue weighted by Gasteiger charge is -2.09. The van der Waals surface area contributed by atoms with Gasteiger partial charge in [0.15, 0.2) is 11.5 Å². The van der Waals surface area contributed by atoms with Gasteiger partial charge < -0.3 is 18.9 Å². The standard InChI is InChI=1S/C24H31ClN2O6S/c1-3-5-10-31-24(29)22-18(12-16-13-19-20(14-17(16)25)33-15-32-19)26-27-23(22)34-11-8-6-7-9-21(28)30-4-2/h13-14H,3-12,15H2,1-2H3,(H,26,27). The first-order valence-corrected chi connectivity index (χ1v) is 13.0. The van der Waals surface area contributed by atoms with Crippen molar-refractivity contribution in [3.8, 4) is 11.5 Å². The Bertz CT molecular complexity index is 981. The summed E-state index contributed by atoms with van der Waals surface area (Å²) in [6.07, 6.45) is 5.11. The fourth-order valence-electron chi connectivity index (χ4n) is 3.42. The van der Waals surface area contributed by atoms with Gasteiger partial charge in [-0.25, -0.2) is 4.79 Å². The number of carbonyl (C=O) groups excluding carboxylic acids is 2. The van der Waals surface area contributed by atoms with Crippen LogP contribution in [-0.2, 0) is 20.7 Å². The van der Waals surface area contributed by atoms with Gasteiger partial charge in [0.25, 0.3) is 0 Å². The molecule has 1 aromatic carbocycles. The maximum atomic E-state index is 12.9. The topological polar surface area (TPSA) is 99.7 Å². The van der Waals surface area contributed by atoms with Crippen LogP contribution in [0.25, 0.3) is 0 Å². The Hall–Kier alpha value is -2.39. The first-order chi connectivity index (χ1) is 16.5. The first-order valence-electron chi connectivity index (χ1n) is 11.6. The number of nitrogens with one attached hydrogen (secondary N) is 1. The molecule has 0 spiro atoms. The lowest BCUT2D eigenvalue weighted by atomic mass is 10.1. The Labute approximate surface area is 209 Å². The van der Waals surface area contributed by atoms with Crippen LogP contribution in [-0.4, -0.2) is 47.9 Å². The number of carbonyl (C=O) groups is 2. The van der Waals surface area contributed by atoms with Crippen molar-refractivity contribution in [3.63, 3.8) is 0 Å². The Kier molecular flexibility index (Phi) is 10.4. The molecule has 0 atom stereocenters. The number of aromatic nitrogens is 2. The van der Waals surface area contributed by atoms with Crippen molar-refractivity contribution in [3.05, 3.63) is 34.0 Å². The SMILES string of the molecule is CCCCOC(=O)c1c(SCCCCCC(=O)OCC)n[nH]c1Cc1cc2c(cc1Cl)OCO2. The summed E-state index contributed by atoms with van der Waals surface area (Å²) in [5.74, 6) is 1.46. The van der Waals surface area contributed by atoms with Crippen molar-refractivity contribution < 1.29 is 28.5 Å². The third kappa shape index (κ3) is 7.30. The number of hydrogen-bond donors (Lipinski definition) is 1. The normalized spacial score (nSPS) is 12.1. The second kappa shape index (κ2) is 13.5. The number of fused-ring (bicyclic) bond motifs is 1. The van der Waals surface area contributed by atoms with Crippen LogP contribution in [0.2, 0.25) is 5.02 Å². The maximum absolute atomic E-state index is 12.9. The Balaban J connectivity index is 1.65. The van der Waals surface area contributed by atoms with E-state index in [9.17, 15) is 9.59 Å². The van der Waals surface area contributed by atoms with Crippen LogP contribution in [0.15, 0.2) is 17.2 Å². The molecule has 0 amide bonds. The molecular weight excluding hydrogens is 480 g/mol. The largest absolute Gasteiger partial charge is 0.466 e. The molecule has 2 aromatic rings. The number of benzene rings is 1. The summed E-state index contributed by atoms with van der Waals surface area (Å²) >= 11 is 7.95. The first kappa shape index (κ1) is 26.2. The van der Waals surface area contributed by atoms with Crippen LogP contribution in [0.4, 0.5) is 0 Å². The van der Waals surface area contributed by atoms with Gasteiger partial charge in [-0.3, -0.25) is 9.89 Å². The molecule has 1 N–H and O–H groups in total.